The molecule has 0 aliphatic carbocycles. The first-order chi connectivity index (χ1) is 15.0. The lowest BCUT2D eigenvalue weighted by molar-refractivity contribution is -0.0950. The second kappa shape index (κ2) is 10.6. The van der Waals surface area contributed by atoms with Gasteiger partial charge >= 0.3 is 6.03 Å². The molecule has 1 fully saturated rings. The maximum absolute atomic E-state index is 14.3. The molecule has 7 nitrogen and oxygen atoms in total. The zero-order chi connectivity index (χ0) is 22.3. The third kappa shape index (κ3) is 5.72. The summed E-state index contributed by atoms with van der Waals surface area (Å²) in [7, 11) is 3.29. The SMILES string of the molecule is COC1(c2cc(F)cc(OCc3ccc(N(C)C(=O)NCCO)cc3)c2)CCOCC1. The Morgan fingerprint density at radius 1 is 1.23 bits per heavy atom. The molecule has 31 heavy (non-hydrogen) atoms. The summed E-state index contributed by atoms with van der Waals surface area (Å²) in [6.07, 6.45) is 1.32. The summed E-state index contributed by atoms with van der Waals surface area (Å²) in [6.45, 7) is 1.48. The fourth-order valence-corrected chi connectivity index (χ4v) is 3.60. The fourth-order valence-electron chi connectivity index (χ4n) is 3.60. The Hall–Kier alpha value is -2.68. The van der Waals surface area contributed by atoms with Crippen LogP contribution < -0.4 is 15.0 Å². The van der Waals surface area contributed by atoms with Gasteiger partial charge in [-0.15, -0.1) is 0 Å². The van der Waals surface area contributed by atoms with E-state index in [1.54, 1.807) is 26.3 Å². The van der Waals surface area contributed by atoms with Crippen molar-refractivity contribution in [1.29, 1.82) is 0 Å². The number of nitrogens with zero attached hydrogens (tertiary/aromatic N) is 1. The summed E-state index contributed by atoms with van der Waals surface area (Å²) in [6, 6.07) is 11.7. The lowest BCUT2D eigenvalue weighted by Crippen LogP contribution is -2.38. The molecule has 0 atom stereocenters. The van der Waals surface area contributed by atoms with E-state index in [2.05, 4.69) is 5.32 Å². The highest BCUT2D eigenvalue weighted by atomic mass is 19.1. The summed E-state index contributed by atoms with van der Waals surface area (Å²) in [5.41, 5.74) is 1.76. The zero-order valence-corrected chi connectivity index (χ0v) is 17.9. The minimum absolute atomic E-state index is 0.114. The number of aliphatic hydroxyl groups excluding tert-OH is 1. The number of nitrogens with one attached hydrogen (secondary N) is 1. The largest absolute Gasteiger partial charge is 0.489 e. The number of halogens is 1. The van der Waals surface area contributed by atoms with Crippen LogP contribution in [0, 0.1) is 5.82 Å². The molecule has 0 unspecified atom stereocenters. The number of aliphatic hydroxyl groups is 1. The molecule has 1 aliphatic heterocycles. The van der Waals surface area contributed by atoms with Gasteiger partial charge in [-0.05, 0) is 35.4 Å². The van der Waals surface area contributed by atoms with Gasteiger partial charge in [-0.25, -0.2) is 9.18 Å². The number of rotatable bonds is 8. The molecule has 2 N–H and O–H groups in total. The Morgan fingerprint density at radius 3 is 2.58 bits per heavy atom. The average Bonchev–Trinajstić information content (AvgIpc) is 2.81. The molecule has 1 aliphatic rings. The van der Waals surface area contributed by atoms with E-state index < -0.39 is 5.60 Å². The summed E-state index contributed by atoms with van der Waals surface area (Å²) in [5, 5.41) is 11.4. The van der Waals surface area contributed by atoms with Gasteiger partial charge in [0.2, 0.25) is 0 Å². The molecule has 168 valence electrons. The number of anilines is 1. The molecular weight excluding hydrogens is 403 g/mol. The van der Waals surface area contributed by atoms with Crippen molar-refractivity contribution < 1.29 is 28.5 Å². The van der Waals surface area contributed by atoms with Gasteiger partial charge in [0.1, 0.15) is 18.2 Å². The van der Waals surface area contributed by atoms with E-state index in [0.717, 1.165) is 11.1 Å². The quantitative estimate of drug-likeness (QED) is 0.670. The summed E-state index contributed by atoms with van der Waals surface area (Å²) in [5.74, 6) is 0.0590. The highest BCUT2D eigenvalue weighted by Crippen LogP contribution is 2.37. The van der Waals surface area contributed by atoms with Gasteiger partial charge in [0.15, 0.2) is 0 Å². The van der Waals surface area contributed by atoms with Crippen molar-refractivity contribution in [2.24, 2.45) is 0 Å². The molecule has 0 saturated carbocycles. The first-order valence-corrected chi connectivity index (χ1v) is 10.3. The van der Waals surface area contributed by atoms with E-state index in [0.29, 0.717) is 37.5 Å². The Kier molecular flexibility index (Phi) is 7.84. The van der Waals surface area contributed by atoms with Gasteiger partial charge in [0, 0.05) is 58.5 Å². The first kappa shape index (κ1) is 23.0. The standard InChI is InChI=1S/C23H29FN2O5/c1-26(22(28)25-9-10-27)20-5-3-17(4-6-20)16-31-21-14-18(13-19(24)15-21)23(29-2)7-11-30-12-8-23/h3-6,13-15,27H,7-12,16H2,1-2H3,(H,25,28). The highest BCUT2D eigenvalue weighted by molar-refractivity contribution is 5.91. The van der Waals surface area contributed by atoms with Crippen molar-refractivity contribution >= 4 is 11.7 Å². The zero-order valence-electron chi connectivity index (χ0n) is 17.9. The van der Waals surface area contributed by atoms with Crippen molar-refractivity contribution in [3.05, 3.63) is 59.4 Å². The van der Waals surface area contributed by atoms with Crippen LogP contribution in [0.25, 0.3) is 0 Å². The van der Waals surface area contributed by atoms with E-state index in [4.69, 9.17) is 19.3 Å². The number of amides is 2. The van der Waals surface area contributed by atoms with Gasteiger partial charge in [-0.1, -0.05) is 12.1 Å². The molecule has 2 amide bonds. The van der Waals surface area contributed by atoms with E-state index in [9.17, 15) is 9.18 Å². The van der Waals surface area contributed by atoms with Gasteiger partial charge in [0.05, 0.1) is 12.2 Å². The van der Waals surface area contributed by atoms with Crippen LogP contribution in [0.2, 0.25) is 0 Å². The second-order valence-electron chi connectivity index (χ2n) is 7.46. The molecular formula is C23H29FN2O5. The van der Waals surface area contributed by atoms with Crippen molar-refractivity contribution in [3.63, 3.8) is 0 Å². The van der Waals surface area contributed by atoms with Crippen LogP contribution in [-0.4, -0.2) is 51.7 Å². The monoisotopic (exact) mass is 432 g/mol. The van der Waals surface area contributed by atoms with E-state index in [1.807, 2.05) is 18.2 Å². The van der Waals surface area contributed by atoms with Crippen LogP contribution in [0.3, 0.4) is 0 Å². The summed E-state index contributed by atoms with van der Waals surface area (Å²) < 4.78 is 31.3. The molecule has 2 aromatic rings. The van der Waals surface area contributed by atoms with Gasteiger partial charge in [-0.3, -0.25) is 4.90 Å². The van der Waals surface area contributed by atoms with E-state index >= 15 is 0 Å². The van der Waals surface area contributed by atoms with E-state index in [-0.39, 0.29) is 31.6 Å². The Morgan fingerprint density at radius 2 is 1.94 bits per heavy atom. The van der Waals surface area contributed by atoms with Crippen molar-refractivity contribution in [1.82, 2.24) is 5.32 Å². The number of urea groups is 1. The first-order valence-electron chi connectivity index (χ1n) is 10.3. The predicted octanol–water partition coefficient (Wildman–Crippen LogP) is 3.19. The Balaban J connectivity index is 1.66. The second-order valence-corrected chi connectivity index (χ2v) is 7.46. The van der Waals surface area contributed by atoms with Crippen molar-refractivity contribution in [2.75, 3.05) is 45.4 Å². The fraction of sp³-hybridized carbons (Fsp3) is 0.435. The maximum atomic E-state index is 14.3. The normalized spacial score (nSPS) is 15.4. The highest BCUT2D eigenvalue weighted by Gasteiger charge is 2.35. The number of carbonyl (C=O) groups is 1. The third-order valence-corrected chi connectivity index (χ3v) is 5.51. The van der Waals surface area contributed by atoms with E-state index in [1.165, 1.54) is 17.0 Å². The van der Waals surface area contributed by atoms with Crippen LogP contribution in [0.5, 0.6) is 5.75 Å². The van der Waals surface area contributed by atoms with Crippen LogP contribution in [0.1, 0.15) is 24.0 Å². The maximum Gasteiger partial charge on any atom is 0.321 e. The van der Waals surface area contributed by atoms with Crippen LogP contribution >= 0.6 is 0 Å². The van der Waals surface area contributed by atoms with Crippen molar-refractivity contribution in [2.45, 2.75) is 25.0 Å². The van der Waals surface area contributed by atoms with Crippen LogP contribution in [0.15, 0.2) is 42.5 Å². The number of carbonyl (C=O) groups excluding carboxylic acids is 1. The molecule has 8 heteroatoms. The Labute approximate surface area is 181 Å². The number of benzene rings is 2. The molecule has 0 bridgehead atoms. The average molecular weight is 432 g/mol. The number of ether oxygens (including phenoxy) is 3. The lowest BCUT2D eigenvalue weighted by Gasteiger charge is -2.36. The number of methoxy groups -OCH3 is 1. The molecule has 0 spiro atoms. The molecule has 1 heterocycles. The topological polar surface area (TPSA) is 80.3 Å². The molecule has 1 saturated heterocycles. The molecule has 3 rings (SSSR count). The van der Waals surface area contributed by atoms with Gasteiger partial charge in [0.25, 0.3) is 0 Å². The van der Waals surface area contributed by atoms with Crippen LogP contribution in [-0.2, 0) is 21.7 Å². The molecule has 2 aromatic carbocycles. The van der Waals surface area contributed by atoms with Crippen molar-refractivity contribution in [3.8, 4) is 5.75 Å². The number of hydrogen-bond acceptors (Lipinski definition) is 5. The predicted molar refractivity (Wildman–Crippen MR) is 115 cm³/mol. The molecule has 0 aromatic heterocycles. The van der Waals surface area contributed by atoms with Gasteiger partial charge < -0.3 is 24.6 Å². The summed E-state index contributed by atoms with van der Waals surface area (Å²) >= 11 is 0. The van der Waals surface area contributed by atoms with Crippen LogP contribution in [0.4, 0.5) is 14.9 Å². The third-order valence-electron chi connectivity index (χ3n) is 5.51. The van der Waals surface area contributed by atoms with Gasteiger partial charge in [-0.2, -0.15) is 0 Å². The number of hydrogen-bond donors (Lipinski definition) is 2. The minimum atomic E-state index is -0.568. The molecule has 0 radical (unpaired) electrons. The lowest BCUT2D eigenvalue weighted by atomic mass is 9.86. The Bertz CT molecular complexity index is 869. The smallest absolute Gasteiger partial charge is 0.321 e. The minimum Gasteiger partial charge on any atom is -0.489 e. The summed E-state index contributed by atoms with van der Waals surface area (Å²) in [4.78, 5) is 13.4.